The maximum Gasteiger partial charge on any atom is 0.142 e. The Morgan fingerprint density at radius 2 is 1.17 bits per heavy atom. The molecule has 4 atom stereocenters. The molecule has 124 valence electrons. The first-order valence-electron chi connectivity index (χ1n) is 8.44. The van der Waals surface area contributed by atoms with Crippen LogP contribution in [0.1, 0.15) is 42.5 Å². The topological polar surface area (TPSA) is 29.1 Å². The van der Waals surface area contributed by atoms with Crippen LogP contribution in [0.5, 0.6) is 0 Å². The first kappa shape index (κ1) is 16.5. The number of nitrogens with one attached hydrogen (secondary N) is 1. The van der Waals surface area contributed by atoms with E-state index >= 15 is 0 Å². The average molecular weight is 449 g/mol. The molecule has 2 nitrogen and oxygen atoms in total. The Labute approximate surface area is 159 Å². The molecule has 4 heteroatoms. The third-order valence-electron chi connectivity index (χ3n) is 5.38. The molecule has 0 amide bonds. The number of carbonyl (C=O) groups is 1. The Morgan fingerprint density at radius 1 is 0.750 bits per heavy atom. The summed E-state index contributed by atoms with van der Waals surface area (Å²) in [5.74, 6) is 0.661. The fourth-order valence-corrected chi connectivity index (χ4v) is 4.73. The largest absolute Gasteiger partial charge is 0.302 e. The zero-order valence-electron chi connectivity index (χ0n) is 13.2. The molecule has 1 saturated heterocycles. The van der Waals surface area contributed by atoms with Crippen LogP contribution in [0.2, 0.25) is 0 Å². The molecule has 24 heavy (non-hydrogen) atoms. The molecule has 2 bridgehead atoms. The zero-order valence-corrected chi connectivity index (χ0v) is 16.4. The maximum atomic E-state index is 13.1. The number of ketones is 1. The lowest BCUT2D eigenvalue weighted by molar-refractivity contribution is -0.135. The van der Waals surface area contributed by atoms with Gasteiger partial charge in [-0.1, -0.05) is 62.5 Å². The van der Waals surface area contributed by atoms with E-state index in [1.54, 1.807) is 0 Å². The molecule has 2 fully saturated rings. The van der Waals surface area contributed by atoms with E-state index < -0.39 is 0 Å². The highest BCUT2D eigenvalue weighted by Gasteiger charge is 2.46. The van der Waals surface area contributed by atoms with Crippen LogP contribution < -0.4 is 5.32 Å². The van der Waals surface area contributed by atoms with E-state index in [9.17, 15) is 4.79 Å². The third kappa shape index (κ3) is 3.00. The summed E-state index contributed by atoms with van der Waals surface area (Å²) in [6.45, 7) is 0. The second kappa shape index (κ2) is 6.74. The Morgan fingerprint density at radius 3 is 1.58 bits per heavy atom. The number of carbonyl (C=O) groups excluding carboxylic acids is 1. The van der Waals surface area contributed by atoms with Gasteiger partial charge in [-0.3, -0.25) is 4.79 Å². The van der Waals surface area contributed by atoms with Crippen LogP contribution >= 0.6 is 31.9 Å². The summed E-state index contributed by atoms with van der Waals surface area (Å²) in [5, 5.41) is 3.81. The first-order chi connectivity index (χ1) is 11.6. The minimum atomic E-state index is 0.107. The molecular weight excluding hydrogens is 430 g/mol. The van der Waals surface area contributed by atoms with Crippen LogP contribution in [0.15, 0.2) is 57.5 Å². The van der Waals surface area contributed by atoms with E-state index in [1.165, 1.54) is 11.1 Å². The average Bonchev–Trinajstić information content (AvgIpc) is 2.57. The van der Waals surface area contributed by atoms with Gasteiger partial charge in [-0.05, 0) is 48.2 Å². The van der Waals surface area contributed by atoms with E-state index in [0.717, 1.165) is 28.2 Å². The first-order valence-corrected chi connectivity index (χ1v) is 10.0. The number of fused-ring (bicyclic) bond motifs is 2. The number of piperidine rings is 1. The number of Topliss-reactive ketones (excluding diaryl/α,β-unsaturated/α-hetero) is 1. The highest BCUT2D eigenvalue weighted by atomic mass is 79.9. The number of benzene rings is 2. The van der Waals surface area contributed by atoms with E-state index in [1.807, 2.05) is 0 Å². The van der Waals surface area contributed by atoms with Crippen molar-refractivity contribution in [1.82, 2.24) is 5.32 Å². The Kier molecular flexibility index (Phi) is 4.63. The second-order valence-electron chi connectivity index (χ2n) is 6.77. The van der Waals surface area contributed by atoms with Gasteiger partial charge in [-0.2, -0.15) is 0 Å². The lowest BCUT2D eigenvalue weighted by Crippen LogP contribution is -2.50. The van der Waals surface area contributed by atoms with Gasteiger partial charge in [0.2, 0.25) is 0 Å². The standard InChI is InChI=1S/C20H19Br2NO/c21-14-8-4-12(5-9-14)18-16-2-1-3-17(20(16)24)19(23-18)13-6-10-15(22)11-7-13/h4-11,16-19,23H,1-3H2/t16-,17+,18-,19+. The van der Waals surface area contributed by atoms with Crippen LogP contribution in [0.3, 0.4) is 0 Å². The predicted octanol–water partition coefficient (Wildman–Crippen LogP) is 5.58. The molecule has 4 rings (SSSR count). The SMILES string of the molecule is O=C1[C@H]2CCC[C@@H]1[C@@H](c1ccc(Br)cc1)N[C@H]2c1ccc(Br)cc1. The van der Waals surface area contributed by atoms with Crippen LogP contribution in [-0.4, -0.2) is 5.78 Å². The highest BCUT2D eigenvalue weighted by molar-refractivity contribution is 9.10. The number of rotatable bonds is 2. The summed E-state index contributed by atoms with van der Waals surface area (Å²) in [4.78, 5) is 13.1. The van der Waals surface area contributed by atoms with Gasteiger partial charge >= 0.3 is 0 Å². The Hall–Kier alpha value is -0.970. The van der Waals surface area contributed by atoms with Crippen molar-refractivity contribution in [2.75, 3.05) is 0 Å². The number of hydrogen-bond acceptors (Lipinski definition) is 2. The van der Waals surface area contributed by atoms with Crippen molar-refractivity contribution in [3.8, 4) is 0 Å². The van der Waals surface area contributed by atoms with Crippen molar-refractivity contribution < 1.29 is 4.79 Å². The van der Waals surface area contributed by atoms with Crippen LogP contribution in [0.4, 0.5) is 0 Å². The number of hydrogen-bond donors (Lipinski definition) is 1. The van der Waals surface area contributed by atoms with Crippen molar-refractivity contribution in [2.45, 2.75) is 31.3 Å². The van der Waals surface area contributed by atoms with E-state index in [-0.39, 0.29) is 23.9 Å². The molecular formula is C20H19Br2NO. The molecule has 0 radical (unpaired) electrons. The van der Waals surface area contributed by atoms with Crippen LogP contribution in [-0.2, 0) is 4.79 Å². The third-order valence-corrected chi connectivity index (χ3v) is 6.44. The van der Waals surface area contributed by atoms with Crippen molar-refractivity contribution in [1.29, 1.82) is 0 Å². The molecule has 1 aliphatic heterocycles. The monoisotopic (exact) mass is 447 g/mol. The summed E-state index contributed by atoms with van der Waals surface area (Å²) >= 11 is 7.00. The van der Waals surface area contributed by atoms with E-state index in [2.05, 4.69) is 85.7 Å². The van der Waals surface area contributed by atoms with Crippen molar-refractivity contribution in [3.63, 3.8) is 0 Å². The van der Waals surface area contributed by atoms with Gasteiger partial charge in [0.15, 0.2) is 0 Å². The fraction of sp³-hybridized carbons (Fsp3) is 0.350. The van der Waals surface area contributed by atoms with E-state index in [0.29, 0.717) is 5.78 Å². The van der Waals surface area contributed by atoms with Gasteiger partial charge < -0.3 is 5.32 Å². The quantitative estimate of drug-likeness (QED) is 0.649. The summed E-state index contributed by atoms with van der Waals surface area (Å²) in [6, 6.07) is 17.0. The summed E-state index contributed by atoms with van der Waals surface area (Å²) < 4.78 is 2.14. The van der Waals surface area contributed by atoms with Crippen LogP contribution in [0, 0.1) is 11.8 Å². The molecule has 0 aromatic heterocycles. The van der Waals surface area contributed by atoms with Crippen molar-refractivity contribution >= 4 is 37.6 Å². The van der Waals surface area contributed by atoms with Crippen LogP contribution in [0.25, 0.3) is 0 Å². The Balaban J connectivity index is 1.71. The molecule has 1 saturated carbocycles. The smallest absolute Gasteiger partial charge is 0.142 e. The molecule has 2 aliphatic rings. The highest BCUT2D eigenvalue weighted by Crippen LogP contribution is 2.45. The normalized spacial score (nSPS) is 29.5. The molecule has 1 N–H and O–H groups in total. The molecule has 1 aliphatic carbocycles. The minimum absolute atomic E-state index is 0.107. The second-order valence-corrected chi connectivity index (χ2v) is 8.60. The molecule has 0 spiro atoms. The summed E-state index contributed by atoms with van der Waals surface area (Å²) in [7, 11) is 0. The lowest BCUT2D eigenvalue weighted by Gasteiger charge is -2.45. The van der Waals surface area contributed by atoms with Gasteiger partial charge in [-0.15, -0.1) is 0 Å². The van der Waals surface area contributed by atoms with Gasteiger partial charge in [-0.25, -0.2) is 0 Å². The lowest BCUT2D eigenvalue weighted by atomic mass is 9.67. The maximum absolute atomic E-state index is 13.1. The Bertz CT molecular complexity index is 680. The van der Waals surface area contributed by atoms with Crippen molar-refractivity contribution in [3.05, 3.63) is 68.6 Å². The molecule has 1 heterocycles. The molecule has 0 unspecified atom stereocenters. The van der Waals surface area contributed by atoms with Gasteiger partial charge in [0, 0.05) is 32.9 Å². The molecule has 2 aromatic carbocycles. The fourth-order valence-electron chi connectivity index (χ4n) is 4.20. The summed E-state index contributed by atoms with van der Waals surface area (Å²) in [5.41, 5.74) is 2.41. The molecule has 2 aromatic rings. The zero-order chi connectivity index (χ0) is 16.7. The van der Waals surface area contributed by atoms with Crippen molar-refractivity contribution in [2.24, 2.45) is 11.8 Å². The summed E-state index contributed by atoms with van der Waals surface area (Å²) in [6.07, 6.45) is 3.13. The van der Waals surface area contributed by atoms with Gasteiger partial charge in [0.25, 0.3) is 0 Å². The van der Waals surface area contributed by atoms with Gasteiger partial charge in [0.05, 0.1) is 0 Å². The van der Waals surface area contributed by atoms with Gasteiger partial charge in [0.1, 0.15) is 5.78 Å². The predicted molar refractivity (Wildman–Crippen MR) is 103 cm³/mol. The minimum Gasteiger partial charge on any atom is -0.302 e. The number of halogens is 2. The van der Waals surface area contributed by atoms with E-state index in [4.69, 9.17) is 0 Å².